The number of nitrogens with two attached hydrogens (primary N) is 2. The second-order valence-corrected chi connectivity index (χ2v) is 8.98. The van der Waals surface area contributed by atoms with Crippen LogP contribution in [-0.4, -0.2) is 80.6 Å². The first-order valence-electron chi connectivity index (χ1n) is 12.4. The number of hydrogen-bond acceptors (Lipinski definition) is 8. The van der Waals surface area contributed by atoms with Gasteiger partial charge in [0.15, 0.2) is 0 Å². The zero-order chi connectivity index (χ0) is 28.8. The first-order valence-corrected chi connectivity index (χ1v) is 12.4. The number of amides is 3. The Morgan fingerprint density at radius 3 is 2.05 bits per heavy atom. The van der Waals surface area contributed by atoms with Crippen molar-refractivity contribution in [3.8, 4) is 0 Å². The summed E-state index contributed by atoms with van der Waals surface area (Å²) in [4.78, 5) is 68.5. The number of H-pyrrole nitrogens is 1. The highest BCUT2D eigenvalue weighted by Crippen LogP contribution is 2.08. The SMILES string of the molecule is NCCCCC(NC(=O)C(Cc1cnc[nH]1)NC(=O)C(Cc1ccccc1)NC(=O)C(N)CC(=O)O)C(=O)O. The molecule has 4 atom stereocenters. The molecule has 0 fully saturated rings. The molecule has 2 rings (SSSR count). The summed E-state index contributed by atoms with van der Waals surface area (Å²) in [7, 11) is 0. The molecule has 1 heterocycles. The van der Waals surface area contributed by atoms with Crippen molar-refractivity contribution in [2.45, 2.75) is 62.7 Å². The van der Waals surface area contributed by atoms with E-state index in [0.717, 1.165) is 0 Å². The number of imidazole rings is 1. The van der Waals surface area contributed by atoms with E-state index in [0.29, 0.717) is 30.6 Å². The minimum absolute atomic E-state index is 0.0213. The second kappa shape index (κ2) is 15.8. The highest BCUT2D eigenvalue weighted by molar-refractivity contribution is 5.95. The molecule has 14 heteroatoms. The number of benzene rings is 1. The predicted molar refractivity (Wildman–Crippen MR) is 139 cm³/mol. The Labute approximate surface area is 224 Å². The van der Waals surface area contributed by atoms with Gasteiger partial charge in [-0.1, -0.05) is 30.3 Å². The molecule has 1 aromatic carbocycles. The number of rotatable bonds is 17. The number of aromatic nitrogens is 2. The minimum Gasteiger partial charge on any atom is -0.481 e. The summed E-state index contributed by atoms with van der Waals surface area (Å²) in [5.41, 5.74) is 12.3. The maximum Gasteiger partial charge on any atom is 0.326 e. The summed E-state index contributed by atoms with van der Waals surface area (Å²) in [6, 6.07) is 3.70. The van der Waals surface area contributed by atoms with Gasteiger partial charge < -0.3 is 42.6 Å². The molecule has 0 aliphatic carbocycles. The van der Waals surface area contributed by atoms with Crippen molar-refractivity contribution >= 4 is 29.7 Å². The van der Waals surface area contributed by atoms with Crippen LogP contribution in [0.15, 0.2) is 42.9 Å². The van der Waals surface area contributed by atoms with E-state index in [1.165, 1.54) is 12.5 Å². The van der Waals surface area contributed by atoms with Gasteiger partial charge in [-0.3, -0.25) is 19.2 Å². The highest BCUT2D eigenvalue weighted by atomic mass is 16.4. The number of aromatic amines is 1. The predicted octanol–water partition coefficient (Wildman–Crippen LogP) is -1.34. The number of hydrogen-bond donors (Lipinski definition) is 8. The van der Waals surface area contributed by atoms with E-state index in [4.69, 9.17) is 16.6 Å². The van der Waals surface area contributed by atoms with E-state index in [-0.39, 0.29) is 19.3 Å². The van der Waals surface area contributed by atoms with Crippen LogP contribution >= 0.6 is 0 Å². The molecule has 0 bridgehead atoms. The second-order valence-electron chi connectivity index (χ2n) is 8.98. The van der Waals surface area contributed by atoms with Crippen LogP contribution in [0.5, 0.6) is 0 Å². The fourth-order valence-corrected chi connectivity index (χ4v) is 3.74. The van der Waals surface area contributed by atoms with Gasteiger partial charge in [-0.25, -0.2) is 9.78 Å². The summed E-state index contributed by atoms with van der Waals surface area (Å²) in [5.74, 6) is -4.85. The fourth-order valence-electron chi connectivity index (χ4n) is 3.74. The topological polar surface area (TPSA) is 243 Å². The van der Waals surface area contributed by atoms with Crippen LogP contribution in [-0.2, 0) is 36.8 Å². The smallest absolute Gasteiger partial charge is 0.326 e. The van der Waals surface area contributed by atoms with Gasteiger partial charge in [-0.2, -0.15) is 0 Å². The molecule has 0 aliphatic rings. The monoisotopic (exact) mass is 545 g/mol. The summed E-state index contributed by atoms with van der Waals surface area (Å²) in [6.07, 6.45) is 3.39. The van der Waals surface area contributed by atoms with E-state index < -0.39 is 60.2 Å². The van der Waals surface area contributed by atoms with E-state index in [1.54, 1.807) is 30.3 Å². The summed E-state index contributed by atoms with van der Waals surface area (Å²) < 4.78 is 0. The number of carbonyl (C=O) groups is 5. The third-order valence-electron chi connectivity index (χ3n) is 5.82. The van der Waals surface area contributed by atoms with Crippen molar-refractivity contribution < 1.29 is 34.2 Å². The van der Waals surface area contributed by atoms with Crippen molar-refractivity contribution in [3.05, 3.63) is 54.1 Å². The molecular weight excluding hydrogens is 510 g/mol. The van der Waals surface area contributed by atoms with Gasteiger partial charge in [0.1, 0.15) is 18.1 Å². The van der Waals surface area contributed by atoms with Gasteiger partial charge in [0.05, 0.1) is 18.8 Å². The molecule has 1 aromatic heterocycles. The third-order valence-corrected chi connectivity index (χ3v) is 5.82. The van der Waals surface area contributed by atoms with Gasteiger partial charge >= 0.3 is 11.9 Å². The molecule has 212 valence electrons. The maximum absolute atomic E-state index is 13.4. The zero-order valence-corrected chi connectivity index (χ0v) is 21.3. The van der Waals surface area contributed by atoms with Crippen molar-refractivity contribution in [1.82, 2.24) is 25.9 Å². The molecule has 2 aromatic rings. The summed E-state index contributed by atoms with van der Waals surface area (Å²) in [6.45, 7) is 0.378. The third kappa shape index (κ3) is 10.9. The molecule has 0 aliphatic heterocycles. The van der Waals surface area contributed by atoms with Gasteiger partial charge in [-0.05, 0) is 31.4 Å². The molecular formula is C25H35N7O7. The number of nitrogens with one attached hydrogen (secondary N) is 4. The first-order chi connectivity index (χ1) is 18.6. The van der Waals surface area contributed by atoms with Crippen molar-refractivity contribution in [1.29, 1.82) is 0 Å². The molecule has 0 saturated heterocycles. The summed E-state index contributed by atoms with van der Waals surface area (Å²) in [5, 5.41) is 26.0. The quantitative estimate of drug-likeness (QED) is 0.109. The van der Waals surface area contributed by atoms with Crippen LogP contribution in [0.4, 0.5) is 0 Å². The van der Waals surface area contributed by atoms with Gasteiger partial charge in [0.2, 0.25) is 17.7 Å². The first kappa shape index (κ1) is 30.9. The lowest BCUT2D eigenvalue weighted by atomic mass is 10.0. The Hall–Kier alpha value is -4.30. The Kier molecular flexibility index (Phi) is 12.6. The Morgan fingerprint density at radius 2 is 1.49 bits per heavy atom. The van der Waals surface area contributed by atoms with E-state index in [9.17, 15) is 29.1 Å². The normalized spacial score (nSPS) is 13.9. The Balaban J connectivity index is 2.24. The van der Waals surface area contributed by atoms with Crippen LogP contribution in [0.25, 0.3) is 0 Å². The number of nitrogens with zero attached hydrogens (tertiary/aromatic N) is 1. The molecule has 39 heavy (non-hydrogen) atoms. The standard InChI is InChI=1S/C25H35N7O7/c26-9-5-4-8-18(25(38)39)30-24(37)20(11-16-13-28-14-29-16)32-23(36)19(10-15-6-2-1-3-7-15)31-22(35)17(27)12-21(33)34/h1-3,6-7,13-14,17-20H,4-5,8-12,26-27H2,(H,28,29)(H,30,37)(H,31,35)(H,32,36)(H,33,34)(H,38,39). The van der Waals surface area contributed by atoms with Crippen LogP contribution in [0.2, 0.25) is 0 Å². The lowest BCUT2D eigenvalue weighted by Gasteiger charge is -2.25. The Morgan fingerprint density at radius 1 is 0.872 bits per heavy atom. The zero-order valence-electron chi connectivity index (χ0n) is 21.3. The highest BCUT2D eigenvalue weighted by Gasteiger charge is 2.31. The average Bonchev–Trinajstić information content (AvgIpc) is 3.40. The van der Waals surface area contributed by atoms with Gasteiger partial charge in [0, 0.05) is 24.7 Å². The number of carboxylic acid groups (broad SMARTS) is 2. The largest absolute Gasteiger partial charge is 0.481 e. The van der Waals surface area contributed by atoms with E-state index in [2.05, 4.69) is 25.9 Å². The molecule has 10 N–H and O–H groups in total. The van der Waals surface area contributed by atoms with Crippen LogP contribution in [0.3, 0.4) is 0 Å². The van der Waals surface area contributed by atoms with Crippen molar-refractivity contribution in [3.63, 3.8) is 0 Å². The maximum atomic E-state index is 13.4. The molecule has 3 amide bonds. The van der Waals surface area contributed by atoms with Crippen molar-refractivity contribution in [2.75, 3.05) is 6.54 Å². The van der Waals surface area contributed by atoms with Crippen molar-refractivity contribution in [2.24, 2.45) is 11.5 Å². The molecule has 0 saturated carbocycles. The van der Waals surface area contributed by atoms with Crippen LogP contribution < -0.4 is 27.4 Å². The lowest BCUT2D eigenvalue weighted by molar-refractivity contribution is -0.142. The van der Waals surface area contributed by atoms with Gasteiger partial charge in [0.25, 0.3) is 0 Å². The molecule has 14 nitrogen and oxygen atoms in total. The minimum atomic E-state index is -1.40. The van der Waals surface area contributed by atoms with Crippen LogP contribution in [0.1, 0.15) is 36.9 Å². The molecule has 0 radical (unpaired) electrons. The van der Waals surface area contributed by atoms with Crippen LogP contribution in [0, 0.1) is 0 Å². The average molecular weight is 546 g/mol. The lowest BCUT2D eigenvalue weighted by Crippen LogP contribution is -2.58. The summed E-state index contributed by atoms with van der Waals surface area (Å²) >= 11 is 0. The van der Waals surface area contributed by atoms with E-state index >= 15 is 0 Å². The molecule has 0 spiro atoms. The Bertz CT molecular complexity index is 1100. The van der Waals surface area contributed by atoms with E-state index in [1.807, 2.05) is 0 Å². The molecule has 4 unspecified atom stereocenters. The van der Waals surface area contributed by atoms with Gasteiger partial charge in [-0.15, -0.1) is 0 Å². The number of unbranched alkanes of at least 4 members (excludes halogenated alkanes) is 1. The fraction of sp³-hybridized carbons (Fsp3) is 0.440. The number of carbonyl (C=O) groups excluding carboxylic acids is 3. The number of carboxylic acids is 2. The number of aliphatic carboxylic acids is 2.